The first-order valence-corrected chi connectivity index (χ1v) is 8.23. The van der Waals surface area contributed by atoms with E-state index in [4.69, 9.17) is 0 Å². The molecule has 2 rings (SSSR count). The molecule has 0 aliphatic carbocycles. The second-order valence-electron chi connectivity index (χ2n) is 4.42. The molecule has 1 aliphatic rings. The number of phenolic OH excluding ortho intramolecular Hbond substituents is 1. The zero-order valence-electron chi connectivity index (χ0n) is 10.6. The topological polar surface area (TPSA) is 69.6 Å². The van der Waals surface area contributed by atoms with E-state index in [0.717, 1.165) is 4.31 Å². The Kier molecular flexibility index (Phi) is 3.89. The molecule has 1 aromatic rings. The molecule has 0 fully saturated rings. The maximum absolute atomic E-state index is 12.2. The summed E-state index contributed by atoms with van der Waals surface area (Å²) in [6.45, 7) is 0. The molecule has 1 heterocycles. The van der Waals surface area contributed by atoms with E-state index in [1.165, 1.54) is 26.2 Å². The number of phenols is 1. The fraction of sp³-hybridized carbons (Fsp3) is 0.333. The molecule has 104 valence electrons. The zero-order chi connectivity index (χ0) is 14.2. The molecule has 2 N–H and O–H groups in total. The molecule has 1 unspecified atom stereocenters. The van der Waals surface area contributed by atoms with Crippen molar-refractivity contribution < 1.29 is 13.5 Å². The average Bonchev–Trinajstić information content (AvgIpc) is 2.38. The Balaban J connectivity index is 2.63. The van der Waals surface area contributed by atoms with Gasteiger partial charge in [0.1, 0.15) is 5.75 Å². The number of aromatic hydroxyl groups is 1. The van der Waals surface area contributed by atoms with Crippen molar-refractivity contribution in [1.29, 1.82) is 0 Å². The van der Waals surface area contributed by atoms with Crippen LogP contribution in [0, 0.1) is 0 Å². The summed E-state index contributed by atoms with van der Waals surface area (Å²) in [4.78, 5) is 0.182. The standard InChI is InChI=1S/C12H15BrN2O3S/c1-15(2)19(17,18)11-6-5-10(16)12-9(11)4-3-8(7-13)14-12/h3-6,8,14,16H,7H2,1-2H3. The fourth-order valence-electron chi connectivity index (χ4n) is 1.86. The molecule has 1 aromatic carbocycles. The predicted octanol–water partition coefficient (Wildman–Crippen LogP) is 1.84. The normalized spacial score (nSPS) is 18.2. The monoisotopic (exact) mass is 346 g/mol. The van der Waals surface area contributed by atoms with Gasteiger partial charge in [-0.1, -0.05) is 28.1 Å². The highest BCUT2D eigenvalue weighted by Gasteiger charge is 2.26. The molecule has 0 bridgehead atoms. The number of nitrogens with one attached hydrogen (secondary N) is 1. The number of rotatable bonds is 3. The van der Waals surface area contributed by atoms with Crippen molar-refractivity contribution in [2.24, 2.45) is 0 Å². The number of nitrogens with zero attached hydrogens (tertiary/aromatic N) is 1. The molecule has 0 amide bonds. The third-order valence-corrected chi connectivity index (χ3v) is 5.50. The van der Waals surface area contributed by atoms with Gasteiger partial charge in [-0.05, 0) is 12.1 Å². The van der Waals surface area contributed by atoms with Gasteiger partial charge in [0.15, 0.2) is 0 Å². The van der Waals surface area contributed by atoms with Crippen LogP contribution in [0.1, 0.15) is 5.56 Å². The lowest BCUT2D eigenvalue weighted by Gasteiger charge is -2.24. The van der Waals surface area contributed by atoms with Gasteiger partial charge in [0.05, 0.1) is 16.6 Å². The number of benzene rings is 1. The molecule has 1 aliphatic heterocycles. The van der Waals surface area contributed by atoms with Gasteiger partial charge in [-0.25, -0.2) is 12.7 Å². The lowest BCUT2D eigenvalue weighted by Crippen LogP contribution is -2.26. The van der Waals surface area contributed by atoms with Crippen LogP contribution < -0.4 is 5.32 Å². The third kappa shape index (κ3) is 2.50. The molecular weight excluding hydrogens is 332 g/mol. The van der Waals surface area contributed by atoms with Crippen molar-refractivity contribution in [2.75, 3.05) is 24.7 Å². The molecule has 0 saturated carbocycles. The molecule has 0 saturated heterocycles. The fourth-order valence-corrected chi connectivity index (χ4v) is 3.32. The van der Waals surface area contributed by atoms with Crippen LogP contribution in [0.4, 0.5) is 5.69 Å². The van der Waals surface area contributed by atoms with E-state index in [1.54, 1.807) is 6.08 Å². The van der Waals surface area contributed by atoms with Gasteiger partial charge in [-0.15, -0.1) is 0 Å². The van der Waals surface area contributed by atoms with Crippen molar-refractivity contribution in [2.45, 2.75) is 10.9 Å². The number of fused-ring (bicyclic) bond motifs is 1. The predicted molar refractivity (Wildman–Crippen MR) is 79.2 cm³/mol. The first kappa shape index (κ1) is 14.4. The molecule has 1 atom stereocenters. The highest BCUT2D eigenvalue weighted by atomic mass is 79.9. The number of hydrogen-bond acceptors (Lipinski definition) is 4. The van der Waals surface area contributed by atoms with Crippen LogP contribution in [0.3, 0.4) is 0 Å². The summed E-state index contributed by atoms with van der Waals surface area (Å²) in [5.74, 6) is 0.0445. The van der Waals surface area contributed by atoms with Crippen LogP contribution in [0.15, 0.2) is 23.1 Å². The van der Waals surface area contributed by atoms with E-state index in [9.17, 15) is 13.5 Å². The van der Waals surface area contributed by atoms with Gasteiger partial charge in [0.25, 0.3) is 0 Å². The molecule has 5 nitrogen and oxygen atoms in total. The van der Waals surface area contributed by atoms with E-state index in [2.05, 4.69) is 21.2 Å². The number of halogens is 1. The molecule has 0 aromatic heterocycles. The lowest BCUT2D eigenvalue weighted by molar-refractivity contribution is 0.475. The van der Waals surface area contributed by atoms with Gasteiger partial charge in [-0.3, -0.25) is 0 Å². The molecular formula is C12H15BrN2O3S. The van der Waals surface area contributed by atoms with Gasteiger partial charge in [-0.2, -0.15) is 0 Å². The van der Waals surface area contributed by atoms with Crippen LogP contribution in [-0.2, 0) is 10.0 Å². The number of anilines is 1. The van der Waals surface area contributed by atoms with Gasteiger partial charge in [0.2, 0.25) is 10.0 Å². The quantitative estimate of drug-likeness (QED) is 0.647. The molecule has 0 radical (unpaired) electrons. The van der Waals surface area contributed by atoms with Crippen LogP contribution in [-0.4, -0.2) is 43.3 Å². The highest BCUT2D eigenvalue weighted by Crippen LogP contribution is 2.37. The minimum absolute atomic E-state index is 0.0238. The van der Waals surface area contributed by atoms with Gasteiger partial charge in [0, 0.05) is 25.0 Å². The van der Waals surface area contributed by atoms with Crippen LogP contribution >= 0.6 is 15.9 Å². The lowest BCUT2D eigenvalue weighted by atomic mass is 10.1. The molecule has 7 heteroatoms. The summed E-state index contributed by atoms with van der Waals surface area (Å²) >= 11 is 3.35. The third-order valence-electron chi connectivity index (χ3n) is 2.93. The summed E-state index contributed by atoms with van der Waals surface area (Å²) in [6.07, 6.45) is 3.60. The SMILES string of the molecule is CN(C)S(=O)(=O)c1ccc(O)c2c1C=CC(CBr)N2. The first-order chi connectivity index (χ1) is 8.87. The maximum atomic E-state index is 12.2. The minimum atomic E-state index is -3.54. The van der Waals surface area contributed by atoms with E-state index in [1.807, 2.05) is 6.08 Å². The van der Waals surface area contributed by atoms with E-state index in [-0.39, 0.29) is 16.7 Å². The number of alkyl halides is 1. The van der Waals surface area contributed by atoms with Crippen molar-refractivity contribution >= 4 is 37.7 Å². The van der Waals surface area contributed by atoms with Gasteiger partial charge >= 0.3 is 0 Å². The highest BCUT2D eigenvalue weighted by molar-refractivity contribution is 9.09. The zero-order valence-corrected chi connectivity index (χ0v) is 13.0. The van der Waals surface area contributed by atoms with Crippen LogP contribution in [0.5, 0.6) is 5.75 Å². The maximum Gasteiger partial charge on any atom is 0.243 e. The Hall–Kier alpha value is -1.05. The second-order valence-corrected chi connectivity index (χ2v) is 7.19. The summed E-state index contributed by atoms with van der Waals surface area (Å²) < 4.78 is 25.6. The first-order valence-electron chi connectivity index (χ1n) is 5.67. The second kappa shape index (κ2) is 5.15. The molecule has 0 spiro atoms. The summed E-state index contributed by atoms with van der Waals surface area (Å²) in [7, 11) is -0.576. The Morgan fingerprint density at radius 3 is 2.68 bits per heavy atom. The van der Waals surface area contributed by atoms with E-state index >= 15 is 0 Å². The van der Waals surface area contributed by atoms with Crippen molar-refractivity contribution in [1.82, 2.24) is 4.31 Å². The Morgan fingerprint density at radius 2 is 2.11 bits per heavy atom. The van der Waals surface area contributed by atoms with Crippen LogP contribution in [0.2, 0.25) is 0 Å². The Labute approximate surface area is 121 Å². The largest absolute Gasteiger partial charge is 0.506 e. The number of hydrogen-bond donors (Lipinski definition) is 2. The van der Waals surface area contributed by atoms with E-state index < -0.39 is 10.0 Å². The average molecular weight is 347 g/mol. The summed E-state index contributed by atoms with van der Waals surface area (Å²) in [6, 6.07) is 2.84. The van der Waals surface area contributed by atoms with Crippen molar-refractivity contribution in [3.63, 3.8) is 0 Å². The Bertz CT molecular complexity index is 626. The smallest absolute Gasteiger partial charge is 0.243 e. The summed E-state index contributed by atoms with van der Waals surface area (Å²) in [5.41, 5.74) is 0.945. The van der Waals surface area contributed by atoms with Crippen LogP contribution in [0.25, 0.3) is 6.08 Å². The number of sulfonamides is 1. The van der Waals surface area contributed by atoms with E-state index in [0.29, 0.717) is 16.6 Å². The minimum Gasteiger partial charge on any atom is -0.506 e. The van der Waals surface area contributed by atoms with Gasteiger partial charge < -0.3 is 10.4 Å². The van der Waals surface area contributed by atoms with Crippen molar-refractivity contribution in [3.8, 4) is 5.75 Å². The Morgan fingerprint density at radius 1 is 1.42 bits per heavy atom. The van der Waals surface area contributed by atoms with Crippen molar-refractivity contribution in [3.05, 3.63) is 23.8 Å². The summed E-state index contributed by atoms with van der Waals surface area (Å²) in [5, 5.41) is 13.7. The molecule has 19 heavy (non-hydrogen) atoms.